The zero-order valence-electron chi connectivity index (χ0n) is 13.3. The quantitative estimate of drug-likeness (QED) is 0.902. The topological polar surface area (TPSA) is 67.9 Å². The van der Waals surface area contributed by atoms with Crippen LogP contribution in [0.3, 0.4) is 0 Å². The highest BCUT2D eigenvalue weighted by atomic mass is 16.6. The molecule has 0 spiro atoms. The number of anilines is 1. The zero-order chi connectivity index (χ0) is 16.2. The van der Waals surface area contributed by atoms with E-state index >= 15 is 0 Å². The first kappa shape index (κ1) is 15.6. The number of rotatable bonds is 5. The number of benzene rings is 1. The molecule has 1 N–H and O–H groups in total. The smallest absolute Gasteiger partial charge is 0.243 e. The summed E-state index contributed by atoms with van der Waals surface area (Å²) in [5, 5.41) is 2.82. The van der Waals surface area contributed by atoms with Crippen LogP contribution in [0, 0.1) is 5.92 Å². The fourth-order valence-electron chi connectivity index (χ4n) is 2.75. The Morgan fingerprint density at radius 1 is 1.22 bits per heavy atom. The van der Waals surface area contributed by atoms with Gasteiger partial charge in [-0.25, -0.2) is 0 Å². The molecule has 0 unspecified atom stereocenters. The second-order valence-electron chi connectivity index (χ2n) is 5.89. The van der Waals surface area contributed by atoms with E-state index in [9.17, 15) is 9.59 Å². The molecule has 0 radical (unpaired) electrons. The Bertz CT molecular complexity index is 598. The highest BCUT2D eigenvalue weighted by molar-refractivity contribution is 5.95. The van der Waals surface area contributed by atoms with Crippen molar-refractivity contribution in [1.82, 2.24) is 4.90 Å². The van der Waals surface area contributed by atoms with Crippen LogP contribution in [0.15, 0.2) is 18.2 Å². The highest BCUT2D eigenvalue weighted by Crippen LogP contribution is 2.32. The summed E-state index contributed by atoms with van der Waals surface area (Å²) in [6.07, 6.45) is 3.00. The number of hydrogen-bond acceptors (Lipinski definition) is 4. The molecule has 1 heterocycles. The van der Waals surface area contributed by atoms with E-state index < -0.39 is 0 Å². The van der Waals surface area contributed by atoms with Gasteiger partial charge in [-0.3, -0.25) is 9.59 Å². The molecule has 1 aromatic rings. The lowest BCUT2D eigenvalue weighted by molar-refractivity contribution is -0.140. The molecule has 2 amide bonds. The Morgan fingerprint density at radius 2 is 1.96 bits per heavy atom. The van der Waals surface area contributed by atoms with Crippen molar-refractivity contribution in [2.75, 3.05) is 31.6 Å². The van der Waals surface area contributed by atoms with E-state index in [4.69, 9.17) is 9.47 Å². The summed E-state index contributed by atoms with van der Waals surface area (Å²) in [5.74, 6) is 1.32. The third kappa shape index (κ3) is 3.57. The summed E-state index contributed by atoms with van der Waals surface area (Å²) in [7, 11) is 0. The van der Waals surface area contributed by atoms with E-state index in [0.717, 1.165) is 19.3 Å². The van der Waals surface area contributed by atoms with E-state index in [1.54, 1.807) is 23.1 Å². The summed E-state index contributed by atoms with van der Waals surface area (Å²) in [6.45, 7) is 3.56. The molecule has 0 saturated heterocycles. The van der Waals surface area contributed by atoms with E-state index in [0.29, 0.717) is 36.9 Å². The predicted molar refractivity (Wildman–Crippen MR) is 85.7 cm³/mol. The molecule has 0 atom stereocenters. The van der Waals surface area contributed by atoms with Crippen LogP contribution in [0.4, 0.5) is 5.69 Å². The maximum absolute atomic E-state index is 12.2. The number of amides is 2. The maximum Gasteiger partial charge on any atom is 0.243 e. The first-order chi connectivity index (χ1) is 11.2. The molecule has 6 heteroatoms. The van der Waals surface area contributed by atoms with Crippen molar-refractivity contribution in [2.24, 2.45) is 5.92 Å². The van der Waals surface area contributed by atoms with Crippen LogP contribution in [-0.2, 0) is 9.59 Å². The van der Waals surface area contributed by atoms with Crippen LogP contribution in [0.5, 0.6) is 11.5 Å². The second-order valence-corrected chi connectivity index (χ2v) is 5.89. The number of carbonyl (C=O) groups excluding carboxylic acids is 2. The fourth-order valence-corrected chi connectivity index (χ4v) is 2.75. The molecule has 1 aliphatic heterocycles. The largest absolute Gasteiger partial charge is 0.486 e. The monoisotopic (exact) mass is 318 g/mol. The van der Waals surface area contributed by atoms with Crippen molar-refractivity contribution in [2.45, 2.75) is 26.2 Å². The third-order valence-corrected chi connectivity index (χ3v) is 4.31. The Balaban J connectivity index is 1.58. The minimum absolute atomic E-state index is 0.0836. The maximum atomic E-state index is 12.2. The van der Waals surface area contributed by atoms with Crippen LogP contribution >= 0.6 is 0 Å². The SMILES string of the molecule is CCN(CC(=O)Nc1ccc2c(c1)OCCO2)C(=O)C1CCC1. The highest BCUT2D eigenvalue weighted by Gasteiger charge is 2.29. The van der Waals surface area contributed by atoms with Gasteiger partial charge < -0.3 is 19.7 Å². The van der Waals surface area contributed by atoms with Crippen LogP contribution in [0.1, 0.15) is 26.2 Å². The van der Waals surface area contributed by atoms with Gasteiger partial charge >= 0.3 is 0 Å². The summed E-state index contributed by atoms with van der Waals surface area (Å²) < 4.78 is 11.0. The van der Waals surface area contributed by atoms with Gasteiger partial charge in [0.1, 0.15) is 13.2 Å². The van der Waals surface area contributed by atoms with E-state index in [-0.39, 0.29) is 24.3 Å². The first-order valence-electron chi connectivity index (χ1n) is 8.15. The molecule has 3 rings (SSSR count). The Hall–Kier alpha value is -2.24. The van der Waals surface area contributed by atoms with Gasteiger partial charge in [0.25, 0.3) is 0 Å². The van der Waals surface area contributed by atoms with Crippen LogP contribution in [-0.4, -0.2) is 43.0 Å². The molecule has 1 aliphatic carbocycles. The van der Waals surface area contributed by atoms with Crippen molar-refractivity contribution in [3.63, 3.8) is 0 Å². The molecule has 124 valence electrons. The molecular weight excluding hydrogens is 296 g/mol. The lowest BCUT2D eigenvalue weighted by Crippen LogP contribution is -2.42. The number of fused-ring (bicyclic) bond motifs is 1. The van der Waals surface area contributed by atoms with Gasteiger partial charge in [0.15, 0.2) is 11.5 Å². The zero-order valence-corrected chi connectivity index (χ0v) is 13.3. The van der Waals surface area contributed by atoms with Crippen molar-refractivity contribution in [3.8, 4) is 11.5 Å². The standard InChI is InChI=1S/C17H22N2O4/c1-2-19(17(21)12-4-3-5-12)11-16(20)18-13-6-7-14-15(10-13)23-9-8-22-14/h6-7,10,12H,2-5,8-9,11H2,1H3,(H,18,20). The Labute approximate surface area is 135 Å². The Kier molecular flexibility index (Phi) is 4.69. The summed E-state index contributed by atoms with van der Waals surface area (Å²) in [6, 6.07) is 5.30. The second kappa shape index (κ2) is 6.89. The van der Waals surface area contributed by atoms with Gasteiger partial charge in [-0.2, -0.15) is 0 Å². The lowest BCUT2D eigenvalue weighted by atomic mass is 9.84. The normalized spacial score (nSPS) is 16.4. The first-order valence-corrected chi connectivity index (χ1v) is 8.15. The summed E-state index contributed by atoms with van der Waals surface area (Å²) in [4.78, 5) is 26.1. The van der Waals surface area contributed by atoms with Crippen LogP contribution in [0.2, 0.25) is 0 Å². The van der Waals surface area contributed by atoms with E-state index in [1.165, 1.54) is 0 Å². The molecular formula is C17H22N2O4. The van der Waals surface area contributed by atoms with E-state index in [2.05, 4.69) is 5.32 Å². The molecule has 1 fully saturated rings. The number of nitrogens with one attached hydrogen (secondary N) is 1. The van der Waals surface area contributed by atoms with Crippen molar-refractivity contribution < 1.29 is 19.1 Å². The van der Waals surface area contributed by atoms with Crippen LogP contribution in [0.25, 0.3) is 0 Å². The van der Waals surface area contributed by atoms with Gasteiger partial charge in [-0.1, -0.05) is 6.42 Å². The molecule has 1 aromatic carbocycles. The minimum atomic E-state index is -0.198. The number of carbonyl (C=O) groups is 2. The lowest BCUT2D eigenvalue weighted by Gasteiger charge is -2.30. The molecule has 6 nitrogen and oxygen atoms in total. The fraction of sp³-hybridized carbons (Fsp3) is 0.529. The molecule has 23 heavy (non-hydrogen) atoms. The summed E-state index contributed by atoms with van der Waals surface area (Å²) >= 11 is 0. The number of likely N-dealkylation sites (N-methyl/N-ethyl adjacent to an activating group) is 1. The molecule has 0 aromatic heterocycles. The van der Waals surface area contributed by atoms with Crippen molar-refractivity contribution >= 4 is 17.5 Å². The van der Waals surface area contributed by atoms with Crippen molar-refractivity contribution in [1.29, 1.82) is 0 Å². The third-order valence-electron chi connectivity index (χ3n) is 4.31. The molecule has 2 aliphatic rings. The van der Waals surface area contributed by atoms with E-state index in [1.807, 2.05) is 6.92 Å². The Morgan fingerprint density at radius 3 is 2.61 bits per heavy atom. The predicted octanol–water partition coefficient (Wildman–Crippen LogP) is 2.04. The van der Waals surface area contributed by atoms with Gasteiger partial charge in [-0.05, 0) is 31.9 Å². The average molecular weight is 318 g/mol. The van der Waals surface area contributed by atoms with Crippen LogP contribution < -0.4 is 14.8 Å². The minimum Gasteiger partial charge on any atom is -0.486 e. The number of hydrogen-bond donors (Lipinski definition) is 1. The van der Waals surface area contributed by atoms with Gasteiger partial charge in [0, 0.05) is 24.2 Å². The average Bonchev–Trinajstić information content (AvgIpc) is 2.50. The number of nitrogens with zero attached hydrogens (tertiary/aromatic N) is 1. The number of ether oxygens (including phenoxy) is 2. The van der Waals surface area contributed by atoms with Gasteiger partial charge in [-0.15, -0.1) is 0 Å². The molecule has 0 bridgehead atoms. The summed E-state index contributed by atoms with van der Waals surface area (Å²) in [5.41, 5.74) is 0.645. The van der Waals surface area contributed by atoms with Gasteiger partial charge in [0.2, 0.25) is 11.8 Å². The van der Waals surface area contributed by atoms with Gasteiger partial charge in [0.05, 0.1) is 6.54 Å². The van der Waals surface area contributed by atoms with Crippen molar-refractivity contribution in [3.05, 3.63) is 18.2 Å². The molecule has 1 saturated carbocycles.